The van der Waals surface area contributed by atoms with Gasteiger partial charge in [-0.25, -0.2) is 0 Å². The van der Waals surface area contributed by atoms with Crippen molar-refractivity contribution >= 4 is 11.8 Å². The Morgan fingerprint density at radius 3 is 2.55 bits per heavy atom. The molecule has 4 nitrogen and oxygen atoms in total. The molecule has 162 valence electrons. The largest absolute Gasteiger partial charge is 0.463 e. The Morgan fingerprint density at radius 2 is 1.86 bits per heavy atom. The summed E-state index contributed by atoms with van der Waals surface area (Å²) >= 11 is 0. The molecule has 4 heteroatoms. The van der Waals surface area contributed by atoms with Crippen molar-refractivity contribution in [3.8, 4) is 0 Å². The van der Waals surface area contributed by atoms with Gasteiger partial charge in [-0.1, -0.05) is 6.92 Å². The topological polar surface area (TPSA) is 55.4 Å². The lowest BCUT2D eigenvalue weighted by Crippen LogP contribution is -2.59. The van der Waals surface area contributed by atoms with Gasteiger partial charge in [-0.3, -0.25) is 9.59 Å². The molecule has 5 fully saturated rings. The summed E-state index contributed by atoms with van der Waals surface area (Å²) < 4.78 is 5.73. The maximum absolute atomic E-state index is 12.8. The van der Waals surface area contributed by atoms with E-state index in [1.807, 2.05) is 0 Å². The van der Waals surface area contributed by atoms with E-state index in [0.29, 0.717) is 29.1 Å². The van der Waals surface area contributed by atoms with Gasteiger partial charge in [-0.2, -0.15) is 0 Å². The molecule has 0 aromatic heterocycles. The third-order valence-corrected chi connectivity index (χ3v) is 9.97. The fourth-order valence-electron chi connectivity index (χ4n) is 8.98. The summed E-state index contributed by atoms with van der Waals surface area (Å²) in [6.07, 6.45) is 10.1. The second-order valence-corrected chi connectivity index (χ2v) is 12.4. The molecule has 0 aromatic rings. The molecule has 5 rings (SSSR count). The average molecular weight is 402 g/mol. The van der Waals surface area contributed by atoms with E-state index in [1.54, 1.807) is 6.92 Å². The van der Waals surface area contributed by atoms with Crippen LogP contribution < -0.4 is 5.32 Å². The Labute approximate surface area is 175 Å². The molecule has 0 radical (unpaired) electrons. The first-order chi connectivity index (χ1) is 13.5. The number of ketones is 1. The summed E-state index contributed by atoms with van der Waals surface area (Å²) in [5.74, 6) is 2.43. The van der Waals surface area contributed by atoms with E-state index < -0.39 is 0 Å². The predicted molar refractivity (Wildman–Crippen MR) is 112 cm³/mol. The van der Waals surface area contributed by atoms with E-state index in [9.17, 15) is 9.59 Å². The van der Waals surface area contributed by atoms with Crippen LogP contribution in [-0.2, 0) is 14.3 Å². The van der Waals surface area contributed by atoms with Crippen molar-refractivity contribution in [3.05, 3.63) is 0 Å². The van der Waals surface area contributed by atoms with E-state index >= 15 is 0 Å². The number of hydrogen-bond donors (Lipinski definition) is 1. The molecule has 0 aliphatic heterocycles. The molecular weight excluding hydrogens is 362 g/mol. The van der Waals surface area contributed by atoms with Gasteiger partial charge in [-0.15, -0.1) is 0 Å². The molecule has 0 aromatic carbocycles. The molecule has 5 aliphatic rings. The third kappa shape index (κ3) is 2.73. The first-order valence-corrected chi connectivity index (χ1v) is 12.0. The van der Waals surface area contributed by atoms with Gasteiger partial charge in [0.2, 0.25) is 0 Å². The fourth-order valence-corrected chi connectivity index (χ4v) is 8.98. The Kier molecular flexibility index (Phi) is 4.20. The zero-order valence-electron chi connectivity index (χ0n) is 19.0. The van der Waals surface area contributed by atoms with Crippen LogP contribution in [0.4, 0.5) is 0 Å². The minimum Gasteiger partial charge on any atom is -0.463 e. The van der Waals surface area contributed by atoms with Gasteiger partial charge in [0.1, 0.15) is 11.9 Å². The Hall–Kier alpha value is -0.900. The van der Waals surface area contributed by atoms with Gasteiger partial charge in [0, 0.05) is 30.3 Å². The smallest absolute Gasteiger partial charge is 0.302 e. The van der Waals surface area contributed by atoms with Gasteiger partial charge in [0.15, 0.2) is 0 Å². The molecule has 0 bridgehead atoms. The first-order valence-electron chi connectivity index (χ1n) is 12.0. The molecule has 1 unspecified atom stereocenters. The molecule has 0 heterocycles. The quantitative estimate of drug-likeness (QED) is 0.684. The summed E-state index contributed by atoms with van der Waals surface area (Å²) in [6, 6.07) is 0.472. The van der Waals surface area contributed by atoms with Gasteiger partial charge in [-0.05, 0) is 101 Å². The van der Waals surface area contributed by atoms with E-state index in [2.05, 4.69) is 33.0 Å². The molecule has 8 atom stereocenters. The van der Waals surface area contributed by atoms with E-state index in [1.165, 1.54) is 25.7 Å². The van der Waals surface area contributed by atoms with Crippen LogP contribution >= 0.6 is 0 Å². The van der Waals surface area contributed by atoms with Crippen LogP contribution in [0.3, 0.4) is 0 Å². The van der Waals surface area contributed by atoms with Crippen molar-refractivity contribution in [2.75, 3.05) is 0 Å². The van der Waals surface area contributed by atoms with Crippen molar-refractivity contribution in [2.45, 2.75) is 110 Å². The predicted octanol–water partition coefficient (Wildman–Crippen LogP) is 4.65. The van der Waals surface area contributed by atoms with Crippen LogP contribution in [0.25, 0.3) is 0 Å². The van der Waals surface area contributed by atoms with Gasteiger partial charge < -0.3 is 10.1 Å². The summed E-state index contributed by atoms with van der Waals surface area (Å²) in [7, 11) is 0. The number of esters is 1. The number of fused-ring (bicyclic) bond motifs is 3. The highest BCUT2D eigenvalue weighted by Crippen LogP contribution is 2.82. The number of ether oxygens (including phenoxy) is 1. The summed E-state index contributed by atoms with van der Waals surface area (Å²) in [4.78, 5) is 24.4. The molecule has 0 amide bonds. The Balaban J connectivity index is 1.49. The minimum atomic E-state index is -0.133. The van der Waals surface area contributed by atoms with Crippen LogP contribution in [-0.4, -0.2) is 29.4 Å². The third-order valence-electron chi connectivity index (χ3n) is 9.97. The van der Waals surface area contributed by atoms with Gasteiger partial charge in [0.25, 0.3) is 0 Å². The maximum atomic E-state index is 12.8. The lowest BCUT2D eigenvalue weighted by molar-refractivity contribution is -0.153. The standard InChI is InChI=1S/C25H39NO3/c1-15(27)29-16-8-11-24-14-25(24,13-16)20(26-22(2,3)4)12-17-18-6-7-21(28)23(18,5)10-9-19(17)24/h16-20,26H,6-14H2,1-5H3/t16-,17-,18-,19-,20?,23-,24-,25+/m0/s1. The van der Waals surface area contributed by atoms with Crippen LogP contribution in [0.5, 0.6) is 0 Å². The number of carbonyl (C=O) groups is 2. The number of nitrogens with one attached hydrogen (secondary N) is 1. The SMILES string of the molecule is CC(=O)O[C@H]1CC[C@@]23C[C@]2(C1)C(NC(C)(C)C)C[C@@H]1[C@@H]3CC[C@]2(C)C(=O)CC[C@@H]12. The van der Waals surface area contributed by atoms with Crippen LogP contribution in [0.2, 0.25) is 0 Å². The van der Waals surface area contributed by atoms with Crippen LogP contribution in [0.15, 0.2) is 0 Å². The monoisotopic (exact) mass is 401 g/mol. The van der Waals surface area contributed by atoms with E-state index in [0.717, 1.165) is 38.0 Å². The summed E-state index contributed by atoms with van der Waals surface area (Å²) in [5.41, 5.74) is 0.713. The van der Waals surface area contributed by atoms with Crippen molar-refractivity contribution in [1.29, 1.82) is 0 Å². The van der Waals surface area contributed by atoms with E-state index in [4.69, 9.17) is 4.74 Å². The van der Waals surface area contributed by atoms with Crippen LogP contribution in [0.1, 0.15) is 92.4 Å². The zero-order chi connectivity index (χ0) is 20.8. The Bertz CT molecular complexity index is 741. The molecule has 5 aliphatic carbocycles. The van der Waals surface area contributed by atoms with E-state index in [-0.39, 0.29) is 28.4 Å². The first kappa shape index (κ1) is 20.0. The lowest BCUT2D eigenvalue weighted by atomic mass is 9.49. The fraction of sp³-hybridized carbons (Fsp3) is 0.920. The highest BCUT2D eigenvalue weighted by molar-refractivity contribution is 5.87. The summed E-state index contributed by atoms with van der Waals surface area (Å²) in [6.45, 7) is 10.6. The Morgan fingerprint density at radius 1 is 1.10 bits per heavy atom. The van der Waals surface area contributed by atoms with Crippen molar-refractivity contribution in [1.82, 2.24) is 5.32 Å². The number of carbonyl (C=O) groups excluding carboxylic acids is 2. The van der Waals surface area contributed by atoms with Gasteiger partial charge >= 0.3 is 5.97 Å². The molecule has 29 heavy (non-hydrogen) atoms. The normalized spacial score (nSPS) is 50.8. The number of rotatable bonds is 2. The number of Topliss-reactive ketones (excluding diaryl/α,β-unsaturated/α-hetero) is 1. The molecular formula is C25H39NO3. The van der Waals surface area contributed by atoms with Crippen molar-refractivity contribution in [2.24, 2.45) is 34.0 Å². The van der Waals surface area contributed by atoms with Crippen molar-refractivity contribution < 1.29 is 14.3 Å². The zero-order valence-corrected chi connectivity index (χ0v) is 19.0. The average Bonchev–Trinajstić information content (AvgIpc) is 3.21. The second-order valence-electron chi connectivity index (χ2n) is 12.4. The van der Waals surface area contributed by atoms with Crippen molar-refractivity contribution in [3.63, 3.8) is 0 Å². The summed E-state index contributed by atoms with van der Waals surface area (Å²) in [5, 5.41) is 4.02. The highest BCUT2D eigenvalue weighted by atomic mass is 16.5. The maximum Gasteiger partial charge on any atom is 0.302 e. The van der Waals surface area contributed by atoms with Gasteiger partial charge in [0.05, 0.1) is 0 Å². The molecule has 0 spiro atoms. The number of hydrogen-bond acceptors (Lipinski definition) is 4. The molecule has 1 N–H and O–H groups in total. The lowest BCUT2D eigenvalue weighted by Gasteiger charge is -2.57. The minimum absolute atomic E-state index is 0.0616. The second kappa shape index (κ2) is 6.08. The molecule has 5 saturated carbocycles. The molecule has 0 saturated heterocycles. The highest BCUT2D eigenvalue weighted by Gasteiger charge is 2.79. The van der Waals surface area contributed by atoms with Crippen LogP contribution in [0, 0.1) is 34.0 Å².